The van der Waals surface area contributed by atoms with Crippen LogP contribution in [0.1, 0.15) is 68.7 Å². The molecule has 0 amide bonds. The van der Waals surface area contributed by atoms with E-state index in [-0.39, 0.29) is 11.9 Å². The Balaban J connectivity index is 2.35. The van der Waals surface area contributed by atoms with Crippen LogP contribution in [0.25, 0.3) is 0 Å². The van der Waals surface area contributed by atoms with Gasteiger partial charge in [0.1, 0.15) is 0 Å². The first-order valence-corrected chi connectivity index (χ1v) is 8.05. The average Bonchev–Trinajstić information content (AvgIpc) is 2.73. The van der Waals surface area contributed by atoms with Crippen LogP contribution in [0.3, 0.4) is 0 Å². The van der Waals surface area contributed by atoms with Crippen LogP contribution in [0.2, 0.25) is 0 Å². The molecule has 0 saturated heterocycles. The van der Waals surface area contributed by atoms with Gasteiger partial charge in [0.25, 0.3) is 0 Å². The van der Waals surface area contributed by atoms with Gasteiger partial charge in [-0.1, -0.05) is 0 Å². The summed E-state index contributed by atoms with van der Waals surface area (Å²) in [6.45, 7) is 0. The maximum absolute atomic E-state index is 12.4. The third-order valence-electron chi connectivity index (χ3n) is 4.92. The molecule has 0 spiro atoms. The summed E-state index contributed by atoms with van der Waals surface area (Å²) < 4.78 is 10.0. The van der Waals surface area contributed by atoms with Gasteiger partial charge < -0.3 is 9.47 Å². The zero-order chi connectivity index (χ0) is 15.7. The Bertz CT molecular complexity index is 631. The number of methoxy groups -OCH3 is 2. The molecule has 1 aromatic carbocycles. The molecule has 2 aliphatic carbocycles. The maximum atomic E-state index is 12.4. The van der Waals surface area contributed by atoms with Gasteiger partial charge in [0, 0.05) is 0 Å². The molecule has 2 aliphatic rings. The van der Waals surface area contributed by atoms with E-state index in [4.69, 9.17) is 9.47 Å². The summed E-state index contributed by atoms with van der Waals surface area (Å²) >= 11 is 0. The number of hydrogen-bond acceptors (Lipinski definition) is 4. The van der Waals surface area contributed by atoms with Crippen LogP contribution in [0.5, 0.6) is 0 Å². The van der Waals surface area contributed by atoms with Crippen molar-refractivity contribution in [3.8, 4) is 0 Å². The van der Waals surface area contributed by atoms with Crippen LogP contribution in [0, 0.1) is 0 Å². The largest absolute Gasteiger partial charge is 0.465 e. The van der Waals surface area contributed by atoms with Gasteiger partial charge in [-0.25, -0.2) is 9.59 Å². The molecule has 0 atom stereocenters. The lowest BCUT2D eigenvalue weighted by Crippen LogP contribution is -2.21. The van der Waals surface area contributed by atoms with E-state index >= 15 is 0 Å². The summed E-state index contributed by atoms with van der Waals surface area (Å²) in [5, 5.41) is 0. The van der Waals surface area contributed by atoms with E-state index in [2.05, 4.69) is 0 Å². The van der Waals surface area contributed by atoms with E-state index in [0.29, 0.717) is 11.1 Å². The van der Waals surface area contributed by atoms with Gasteiger partial charge in [0.2, 0.25) is 0 Å². The first-order valence-electron chi connectivity index (χ1n) is 8.05. The van der Waals surface area contributed by atoms with Gasteiger partial charge in [-0.3, -0.25) is 0 Å². The molecule has 22 heavy (non-hydrogen) atoms. The molecule has 0 fully saturated rings. The Hall–Kier alpha value is -1.84. The lowest BCUT2D eigenvalue weighted by atomic mass is 9.79. The summed E-state index contributed by atoms with van der Waals surface area (Å²) in [4.78, 5) is 24.8. The molecule has 0 radical (unpaired) electrons. The number of rotatable bonds is 2. The summed E-state index contributed by atoms with van der Waals surface area (Å²) in [6, 6.07) is 0. The fourth-order valence-corrected chi connectivity index (χ4v) is 3.98. The minimum atomic E-state index is -0.314. The van der Waals surface area contributed by atoms with Crippen molar-refractivity contribution in [1.29, 1.82) is 0 Å². The van der Waals surface area contributed by atoms with Crippen molar-refractivity contribution in [3.05, 3.63) is 33.4 Å². The minimum Gasteiger partial charge on any atom is -0.465 e. The SMILES string of the molecule is COC(=O)c1c2c(c3c(C(=O)OC)c1CCCC3)CCCC2. The highest BCUT2D eigenvalue weighted by molar-refractivity contribution is 6.01. The molecule has 4 nitrogen and oxygen atoms in total. The monoisotopic (exact) mass is 302 g/mol. The summed E-state index contributed by atoms with van der Waals surface area (Å²) in [5.74, 6) is -0.628. The lowest BCUT2D eigenvalue weighted by Gasteiger charge is -2.26. The van der Waals surface area contributed by atoms with E-state index in [1.807, 2.05) is 0 Å². The van der Waals surface area contributed by atoms with Crippen LogP contribution in [0.4, 0.5) is 0 Å². The zero-order valence-corrected chi connectivity index (χ0v) is 13.3. The van der Waals surface area contributed by atoms with E-state index < -0.39 is 0 Å². The Morgan fingerprint density at radius 3 is 1.41 bits per heavy atom. The van der Waals surface area contributed by atoms with Gasteiger partial charge in [0.05, 0.1) is 25.3 Å². The summed E-state index contributed by atoms with van der Waals surface area (Å²) in [7, 11) is 2.82. The molecule has 118 valence electrons. The molecular formula is C18H22O4. The normalized spacial score (nSPS) is 16.5. The molecule has 0 aliphatic heterocycles. The van der Waals surface area contributed by atoms with Crippen LogP contribution in [-0.2, 0) is 35.2 Å². The fourth-order valence-electron chi connectivity index (χ4n) is 3.98. The predicted molar refractivity (Wildman–Crippen MR) is 82.4 cm³/mol. The van der Waals surface area contributed by atoms with Gasteiger partial charge in [-0.2, -0.15) is 0 Å². The third-order valence-corrected chi connectivity index (χ3v) is 4.92. The van der Waals surface area contributed by atoms with E-state index in [0.717, 1.165) is 68.1 Å². The van der Waals surface area contributed by atoms with Crippen LogP contribution in [-0.4, -0.2) is 26.2 Å². The highest BCUT2D eigenvalue weighted by atomic mass is 16.5. The second kappa shape index (κ2) is 6.11. The summed E-state index contributed by atoms with van der Waals surface area (Å²) in [5.41, 5.74) is 5.59. The van der Waals surface area contributed by atoms with Crippen LogP contribution in [0.15, 0.2) is 0 Å². The molecule has 0 heterocycles. The number of esters is 2. The highest BCUT2D eigenvalue weighted by Gasteiger charge is 2.32. The van der Waals surface area contributed by atoms with Gasteiger partial charge >= 0.3 is 11.9 Å². The van der Waals surface area contributed by atoms with Crippen molar-refractivity contribution in [3.63, 3.8) is 0 Å². The first-order chi connectivity index (χ1) is 10.7. The Kier molecular flexibility index (Phi) is 4.19. The standard InChI is InChI=1S/C18H22O4/c1-21-17(19)15-12-8-4-3-7-11(12)13-9-5-6-10-14(15)16(13)18(20)22-2/h3-10H2,1-2H3. The maximum Gasteiger partial charge on any atom is 0.338 e. The predicted octanol–water partition coefficient (Wildman–Crippen LogP) is 3.02. The number of fused-ring (bicyclic) bond motifs is 4. The van der Waals surface area contributed by atoms with Crippen LogP contribution < -0.4 is 0 Å². The van der Waals surface area contributed by atoms with Crippen molar-refractivity contribution < 1.29 is 19.1 Å². The van der Waals surface area contributed by atoms with Crippen molar-refractivity contribution in [2.24, 2.45) is 0 Å². The third kappa shape index (κ3) is 2.31. The topological polar surface area (TPSA) is 52.6 Å². The molecule has 0 saturated carbocycles. The smallest absolute Gasteiger partial charge is 0.338 e. The van der Waals surface area contributed by atoms with Crippen molar-refractivity contribution in [1.82, 2.24) is 0 Å². The Labute approximate surface area is 130 Å². The number of carbonyl (C=O) groups is 2. The first kappa shape index (κ1) is 15.1. The molecule has 1 aromatic rings. The average molecular weight is 302 g/mol. The van der Waals surface area contributed by atoms with Gasteiger partial charge in [-0.15, -0.1) is 0 Å². The summed E-state index contributed by atoms with van der Waals surface area (Å²) in [6.07, 6.45) is 7.73. The van der Waals surface area contributed by atoms with E-state index in [9.17, 15) is 9.59 Å². The number of carbonyl (C=O) groups excluding carboxylic acids is 2. The minimum absolute atomic E-state index is 0.313. The number of hydrogen-bond donors (Lipinski definition) is 0. The molecule has 0 aromatic heterocycles. The highest BCUT2D eigenvalue weighted by Crippen LogP contribution is 2.38. The van der Waals surface area contributed by atoms with E-state index in [1.54, 1.807) is 0 Å². The number of benzene rings is 1. The van der Waals surface area contributed by atoms with Gasteiger partial charge in [0.15, 0.2) is 0 Å². The van der Waals surface area contributed by atoms with Crippen molar-refractivity contribution >= 4 is 11.9 Å². The molecule has 0 unspecified atom stereocenters. The Morgan fingerprint density at radius 1 is 0.636 bits per heavy atom. The second-order valence-corrected chi connectivity index (χ2v) is 6.06. The molecule has 0 N–H and O–H groups in total. The Morgan fingerprint density at radius 2 is 1.00 bits per heavy atom. The molecule has 4 heteroatoms. The number of ether oxygens (including phenoxy) is 2. The van der Waals surface area contributed by atoms with Crippen molar-refractivity contribution in [2.75, 3.05) is 14.2 Å². The van der Waals surface area contributed by atoms with Crippen LogP contribution >= 0.6 is 0 Å². The molecule has 3 rings (SSSR count). The van der Waals surface area contributed by atoms with Crippen molar-refractivity contribution in [2.45, 2.75) is 51.4 Å². The molecule has 2 bridgehead atoms. The lowest BCUT2D eigenvalue weighted by molar-refractivity contribution is 0.0595. The quantitative estimate of drug-likeness (QED) is 0.788. The second-order valence-electron chi connectivity index (χ2n) is 6.06. The van der Waals surface area contributed by atoms with Gasteiger partial charge in [-0.05, 0) is 73.6 Å². The van der Waals surface area contributed by atoms with E-state index in [1.165, 1.54) is 19.8 Å². The fraction of sp³-hybridized carbons (Fsp3) is 0.556. The molecular weight excluding hydrogens is 280 g/mol. The zero-order valence-electron chi connectivity index (χ0n) is 13.3.